The van der Waals surface area contributed by atoms with Crippen LogP contribution in [0.1, 0.15) is 30.0 Å². The number of guanidine groups is 1. The van der Waals surface area contributed by atoms with E-state index < -0.39 is 0 Å². The Morgan fingerprint density at radius 1 is 1.17 bits per heavy atom. The van der Waals surface area contributed by atoms with Gasteiger partial charge in [0.2, 0.25) is 0 Å². The van der Waals surface area contributed by atoms with Crippen molar-refractivity contribution < 1.29 is 9.47 Å². The molecule has 1 heterocycles. The topological polar surface area (TPSA) is 58.1 Å². The van der Waals surface area contributed by atoms with Crippen molar-refractivity contribution in [3.8, 4) is 5.75 Å². The van der Waals surface area contributed by atoms with Gasteiger partial charge < -0.3 is 25.0 Å². The van der Waals surface area contributed by atoms with E-state index in [-0.39, 0.29) is 6.10 Å². The molecule has 0 bridgehead atoms. The fourth-order valence-corrected chi connectivity index (χ4v) is 3.29. The molecule has 30 heavy (non-hydrogen) atoms. The van der Waals surface area contributed by atoms with Crippen LogP contribution in [0.5, 0.6) is 5.75 Å². The van der Waals surface area contributed by atoms with Crippen LogP contribution in [0, 0.1) is 6.92 Å². The molecule has 1 unspecified atom stereocenters. The fourth-order valence-electron chi connectivity index (χ4n) is 3.29. The largest absolute Gasteiger partial charge is 0.488 e. The lowest BCUT2D eigenvalue weighted by Crippen LogP contribution is -2.37. The van der Waals surface area contributed by atoms with E-state index in [0.717, 1.165) is 36.8 Å². The number of nitrogens with zero attached hydrogens (tertiary/aromatic N) is 2. The zero-order valence-corrected chi connectivity index (χ0v) is 18.6. The van der Waals surface area contributed by atoms with Gasteiger partial charge in [-0.25, -0.2) is 4.99 Å². The molecular weight excluding hydrogens is 376 g/mol. The molecule has 0 saturated carbocycles. The number of anilines is 1. The van der Waals surface area contributed by atoms with E-state index in [1.54, 1.807) is 0 Å². The maximum Gasteiger partial charge on any atom is 0.191 e. The van der Waals surface area contributed by atoms with Gasteiger partial charge in [0.05, 0.1) is 19.8 Å². The van der Waals surface area contributed by atoms with E-state index in [2.05, 4.69) is 71.8 Å². The smallest absolute Gasteiger partial charge is 0.191 e. The summed E-state index contributed by atoms with van der Waals surface area (Å²) in [5, 5.41) is 6.77. The van der Waals surface area contributed by atoms with E-state index in [4.69, 9.17) is 14.5 Å². The number of aryl methyl sites for hydroxylation is 1. The second-order valence-corrected chi connectivity index (χ2v) is 7.82. The second-order valence-electron chi connectivity index (χ2n) is 7.82. The molecule has 2 aromatic rings. The van der Waals surface area contributed by atoms with E-state index >= 15 is 0 Å². The second kappa shape index (κ2) is 10.9. The molecule has 3 rings (SSSR count). The normalized spacial score (nSPS) is 16.4. The quantitative estimate of drug-likeness (QED) is 0.515. The highest BCUT2D eigenvalue weighted by atomic mass is 16.5. The van der Waals surface area contributed by atoms with Crippen LogP contribution in [0.25, 0.3) is 0 Å². The highest BCUT2D eigenvalue weighted by Gasteiger charge is 2.18. The third kappa shape index (κ3) is 6.39. The maximum absolute atomic E-state index is 6.21. The van der Waals surface area contributed by atoms with E-state index in [0.29, 0.717) is 19.7 Å². The number of nitrogens with one attached hydrogen (secondary N) is 2. The molecule has 0 radical (unpaired) electrons. The van der Waals surface area contributed by atoms with Gasteiger partial charge in [-0.2, -0.15) is 0 Å². The van der Waals surface area contributed by atoms with Crippen LogP contribution in [0.2, 0.25) is 0 Å². The molecular formula is C24H34N4O2. The fraction of sp³-hybridized carbons (Fsp3) is 0.458. The van der Waals surface area contributed by atoms with Gasteiger partial charge in [0.25, 0.3) is 0 Å². The number of hydrogen-bond donors (Lipinski definition) is 2. The van der Waals surface area contributed by atoms with Gasteiger partial charge in [0.1, 0.15) is 11.9 Å². The van der Waals surface area contributed by atoms with Gasteiger partial charge in [0, 0.05) is 44.9 Å². The van der Waals surface area contributed by atoms with Crippen molar-refractivity contribution in [1.82, 2.24) is 10.6 Å². The molecule has 0 aromatic heterocycles. The van der Waals surface area contributed by atoms with Crippen molar-refractivity contribution >= 4 is 11.6 Å². The molecule has 0 spiro atoms. The Kier molecular flexibility index (Phi) is 7.97. The summed E-state index contributed by atoms with van der Waals surface area (Å²) in [7, 11) is 4.09. The predicted octanol–water partition coefficient (Wildman–Crippen LogP) is 3.48. The van der Waals surface area contributed by atoms with Crippen LogP contribution in [-0.2, 0) is 17.8 Å². The third-order valence-electron chi connectivity index (χ3n) is 5.07. The lowest BCUT2D eigenvalue weighted by atomic mass is 10.1. The Morgan fingerprint density at radius 2 is 1.97 bits per heavy atom. The summed E-state index contributed by atoms with van der Waals surface area (Å²) in [4.78, 5) is 6.84. The van der Waals surface area contributed by atoms with E-state index in [9.17, 15) is 0 Å². The lowest BCUT2D eigenvalue weighted by Gasteiger charge is -2.18. The van der Waals surface area contributed by atoms with Crippen LogP contribution in [0.3, 0.4) is 0 Å². The standard InChI is InChI=1S/C24H34N4O2/c1-5-25-24(26-15-19-7-10-21(11-8-19)28(3)4)27-16-20-9-6-18(2)14-23(20)30-22-12-13-29-17-22/h6-11,14,22H,5,12-13,15-17H2,1-4H3,(H2,25,26,27). The molecule has 162 valence electrons. The average molecular weight is 411 g/mol. The van der Waals surface area contributed by atoms with Gasteiger partial charge in [0.15, 0.2) is 5.96 Å². The Balaban J connectivity index is 1.64. The van der Waals surface area contributed by atoms with Gasteiger partial charge in [-0.05, 0) is 43.2 Å². The number of aliphatic imine (C=N–C) groups is 1. The average Bonchev–Trinajstić information content (AvgIpc) is 3.24. The van der Waals surface area contributed by atoms with Gasteiger partial charge in [-0.1, -0.05) is 24.3 Å². The van der Waals surface area contributed by atoms with Crippen molar-refractivity contribution in [2.45, 2.75) is 39.5 Å². The first-order valence-electron chi connectivity index (χ1n) is 10.7. The summed E-state index contributed by atoms with van der Waals surface area (Å²) in [6, 6.07) is 14.8. The first-order chi connectivity index (χ1) is 14.5. The highest BCUT2D eigenvalue weighted by Crippen LogP contribution is 2.23. The van der Waals surface area contributed by atoms with Crippen molar-refractivity contribution in [2.75, 3.05) is 38.8 Å². The van der Waals surface area contributed by atoms with Crippen molar-refractivity contribution in [1.29, 1.82) is 0 Å². The molecule has 0 amide bonds. The monoisotopic (exact) mass is 410 g/mol. The molecule has 6 nitrogen and oxygen atoms in total. The third-order valence-corrected chi connectivity index (χ3v) is 5.07. The molecule has 1 atom stereocenters. The molecule has 1 fully saturated rings. The zero-order valence-electron chi connectivity index (χ0n) is 18.6. The molecule has 6 heteroatoms. The summed E-state index contributed by atoms with van der Waals surface area (Å²) in [6.45, 7) is 7.68. The lowest BCUT2D eigenvalue weighted by molar-refractivity contribution is 0.140. The highest BCUT2D eigenvalue weighted by molar-refractivity contribution is 5.79. The number of hydrogen-bond acceptors (Lipinski definition) is 4. The first-order valence-corrected chi connectivity index (χ1v) is 10.7. The molecule has 1 aliphatic rings. The zero-order chi connectivity index (χ0) is 21.3. The summed E-state index contributed by atoms with van der Waals surface area (Å²) in [6.07, 6.45) is 1.08. The Bertz CT molecular complexity index is 828. The van der Waals surface area contributed by atoms with Crippen LogP contribution in [0.15, 0.2) is 47.5 Å². The Morgan fingerprint density at radius 3 is 2.63 bits per heavy atom. The number of ether oxygens (including phenoxy) is 2. The van der Waals surface area contributed by atoms with Crippen molar-refractivity contribution in [3.05, 3.63) is 59.2 Å². The summed E-state index contributed by atoms with van der Waals surface area (Å²) >= 11 is 0. The minimum Gasteiger partial charge on any atom is -0.488 e. The SMILES string of the molecule is CCNC(=NCc1ccc(N(C)C)cc1)NCc1ccc(C)cc1OC1CCOC1. The summed E-state index contributed by atoms with van der Waals surface area (Å²) < 4.78 is 11.7. The Labute approximate surface area is 180 Å². The summed E-state index contributed by atoms with van der Waals surface area (Å²) in [5.41, 5.74) is 4.67. The van der Waals surface area contributed by atoms with E-state index in [1.165, 1.54) is 16.8 Å². The molecule has 2 N–H and O–H groups in total. The van der Waals surface area contributed by atoms with Crippen LogP contribution >= 0.6 is 0 Å². The van der Waals surface area contributed by atoms with Gasteiger partial charge in [-0.15, -0.1) is 0 Å². The van der Waals surface area contributed by atoms with Crippen LogP contribution in [0.4, 0.5) is 5.69 Å². The van der Waals surface area contributed by atoms with Crippen molar-refractivity contribution in [2.24, 2.45) is 4.99 Å². The Hall–Kier alpha value is -2.73. The van der Waals surface area contributed by atoms with E-state index in [1.807, 2.05) is 14.1 Å². The number of rotatable bonds is 8. The molecule has 1 saturated heterocycles. The summed E-state index contributed by atoms with van der Waals surface area (Å²) in [5.74, 6) is 1.72. The minimum absolute atomic E-state index is 0.137. The van der Waals surface area contributed by atoms with Crippen LogP contribution < -0.4 is 20.3 Å². The minimum atomic E-state index is 0.137. The molecule has 2 aromatic carbocycles. The molecule has 0 aliphatic carbocycles. The molecule has 1 aliphatic heterocycles. The van der Waals surface area contributed by atoms with Gasteiger partial charge >= 0.3 is 0 Å². The maximum atomic E-state index is 6.21. The first kappa shape index (κ1) is 22.0. The predicted molar refractivity (Wildman–Crippen MR) is 123 cm³/mol. The van der Waals surface area contributed by atoms with Crippen LogP contribution in [-0.4, -0.2) is 45.9 Å². The number of benzene rings is 2. The van der Waals surface area contributed by atoms with Gasteiger partial charge in [-0.3, -0.25) is 0 Å². The van der Waals surface area contributed by atoms with Crippen molar-refractivity contribution in [3.63, 3.8) is 0 Å².